The summed E-state index contributed by atoms with van der Waals surface area (Å²) < 4.78 is 7.01. The number of ether oxygens (including phenoxy) is 1. The van der Waals surface area contributed by atoms with E-state index in [4.69, 9.17) is 4.74 Å². The van der Waals surface area contributed by atoms with Crippen molar-refractivity contribution in [2.75, 3.05) is 7.11 Å². The lowest BCUT2D eigenvalue weighted by atomic mass is 10.1. The average molecular weight is 365 g/mol. The molecule has 0 unspecified atom stereocenters. The third-order valence-electron chi connectivity index (χ3n) is 4.65. The SMILES string of the molecule is COc1ccc(-n2ncc([C@H](C)NC(=O)c3ccc(C)c(O)c3)c2C)cc1. The van der Waals surface area contributed by atoms with E-state index in [1.54, 1.807) is 32.4 Å². The van der Waals surface area contributed by atoms with Gasteiger partial charge in [-0.05, 0) is 62.7 Å². The molecule has 0 saturated heterocycles. The van der Waals surface area contributed by atoms with Gasteiger partial charge in [-0.15, -0.1) is 0 Å². The number of aromatic nitrogens is 2. The Hall–Kier alpha value is -3.28. The molecule has 1 atom stereocenters. The minimum absolute atomic E-state index is 0.110. The maximum atomic E-state index is 12.5. The largest absolute Gasteiger partial charge is 0.508 e. The minimum Gasteiger partial charge on any atom is -0.508 e. The molecule has 0 fully saturated rings. The van der Waals surface area contributed by atoms with Gasteiger partial charge in [-0.1, -0.05) is 6.07 Å². The lowest BCUT2D eigenvalue weighted by Gasteiger charge is -2.15. The van der Waals surface area contributed by atoms with E-state index in [1.807, 2.05) is 42.8 Å². The third kappa shape index (κ3) is 3.79. The van der Waals surface area contributed by atoms with Crippen LogP contribution in [0.1, 0.15) is 40.1 Å². The van der Waals surface area contributed by atoms with Crippen molar-refractivity contribution in [3.63, 3.8) is 0 Å². The van der Waals surface area contributed by atoms with Gasteiger partial charge in [0.2, 0.25) is 0 Å². The molecule has 0 aliphatic rings. The number of benzene rings is 2. The fourth-order valence-electron chi connectivity index (χ4n) is 2.94. The lowest BCUT2D eigenvalue weighted by molar-refractivity contribution is 0.0939. The zero-order valence-electron chi connectivity index (χ0n) is 15.9. The van der Waals surface area contributed by atoms with Crippen LogP contribution in [0.2, 0.25) is 0 Å². The van der Waals surface area contributed by atoms with Crippen LogP contribution in [0, 0.1) is 13.8 Å². The topological polar surface area (TPSA) is 76.4 Å². The van der Waals surface area contributed by atoms with Gasteiger partial charge in [0.05, 0.1) is 25.0 Å². The first-order valence-electron chi connectivity index (χ1n) is 8.70. The number of hydrogen-bond acceptors (Lipinski definition) is 4. The van der Waals surface area contributed by atoms with Crippen LogP contribution in [-0.2, 0) is 0 Å². The fraction of sp³-hybridized carbons (Fsp3) is 0.238. The monoisotopic (exact) mass is 365 g/mol. The second-order valence-electron chi connectivity index (χ2n) is 6.49. The molecular weight excluding hydrogens is 342 g/mol. The smallest absolute Gasteiger partial charge is 0.251 e. The molecular formula is C21H23N3O3. The van der Waals surface area contributed by atoms with Crippen molar-refractivity contribution in [2.24, 2.45) is 0 Å². The zero-order valence-corrected chi connectivity index (χ0v) is 15.9. The minimum atomic E-state index is -0.241. The molecule has 0 saturated carbocycles. The van der Waals surface area contributed by atoms with Crippen molar-refractivity contribution in [2.45, 2.75) is 26.8 Å². The standard InChI is InChI=1S/C21H23N3O3/c1-13-5-6-16(11-20(13)25)21(26)23-14(2)19-12-22-24(15(19)3)17-7-9-18(27-4)10-8-17/h5-12,14,25H,1-4H3,(H,23,26)/t14-/m0/s1. The van der Waals surface area contributed by atoms with E-state index in [9.17, 15) is 9.90 Å². The maximum Gasteiger partial charge on any atom is 0.251 e. The van der Waals surface area contributed by atoms with Gasteiger partial charge in [-0.3, -0.25) is 4.79 Å². The number of phenols is 1. The molecule has 0 spiro atoms. The fourth-order valence-corrected chi connectivity index (χ4v) is 2.94. The van der Waals surface area contributed by atoms with Crippen molar-refractivity contribution >= 4 is 5.91 Å². The molecule has 6 heteroatoms. The summed E-state index contributed by atoms with van der Waals surface area (Å²) in [5.74, 6) is 0.652. The van der Waals surface area contributed by atoms with Gasteiger partial charge in [-0.25, -0.2) is 4.68 Å². The first-order valence-corrected chi connectivity index (χ1v) is 8.70. The molecule has 1 heterocycles. The summed E-state index contributed by atoms with van der Waals surface area (Å²) in [7, 11) is 1.63. The number of carbonyl (C=O) groups excluding carboxylic acids is 1. The Morgan fingerprint density at radius 2 is 1.89 bits per heavy atom. The number of carbonyl (C=O) groups is 1. The first-order chi connectivity index (χ1) is 12.9. The number of nitrogens with zero attached hydrogens (tertiary/aromatic N) is 2. The van der Waals surface area contributed by atoms with Crippen LogP contribution >= 0.6 is 0 Å². The highest BCUT2D eigenvalue weighted by molar-refractivity contribution is 5.95. The van der Waals surface area contributed by atoms with Gasteiger partial charge in [0, 0.05) is 16.8 Å². The summed E-state index contributed by atoms with van der Waals surface area (Å²) in [6, 6.07) is 12.3. The number of aromatic hydroxyl groups is 1. The second kappa shape index (κ2) is 7.53. The molecule has 3 rings (SSSR count). The van der Waals surface area contributed by atoms with Crippen LogP contribution in [0.3, 0.4) is 0 Å². The summed E-state index contributed by atoms with van der Waals surface area (Å²) in [6.45, 7) is 5.66. The van der Waals surface area contributed by atoms with E-state index < -0.39 is 0 Å². The number of amides is 1. The lowest BCUT2D eigenvalue weighted by Crippen LogP contribution is -2.26. The number of nitrogens with one attached hydrogen (secondary N) is 1. The average Bonchev–Trinajstić information content (AvgIpc) is 3.05. The predicted molar refractivity (Wildman–Crippen MR) is 104 cm³/mol. The molecule has 0 bridgehead atoms. The highest BCUT2D eigenvalue weighted by Crippen LogP contribution is 2.23. The normalized spacial score (nSPS) is 11.9. The van der Waals surface area contributed by atoms with E-state index in [2.05, 4.69) is 10.4 Å². The van der Waals surface area contributed by atoms with E-state index >= 15 is 0 Å². The number of hydrogen-bond donors (Lipinski definition) is 2. The van der Waals surface area contributed by atoms with Gasteiger partial charge in [0.15, 0.2) is 0 Å². The second-order valence-corrected chi connectivity index (χ2v) is 6.49. The molecule has 3 aromatic rings. The van der Waals surface area contributed by atoms with Gasteiger partial charge >= 0.3 is 0 Å². The zero-order chi connectivity index (χ0) is 19.6. The van der Waals surface area contributed by atoms with Crippen LogP contribution < -0.4 is 10.1 Å². The van der Waals surface area contributed by atoms with Crippen LogP contribution in [-0.4, -0.2) is 27.9 Å². The Kier molecular flexibility index (Phi) is 5.16. The highest BCUT2D eigenvalue weighted by Gasteiger charge is 2.17. The Balaban J connectivity index is 1.78. The van der Waals surface area contributed by atoms with Gasteiger partial charge in [0.1, 0.15) is 11.5 Å². The van der Waals surface area contributed by atoms with Crippen LogP contribution in [0.25, 0.3) is 5.69 Å². The molecule has 140 valence electrons. The predicted octanol–water partition coefficient (Wildman–Crippen LogP) is 3.69. The Morgan fingerprint density at radius 1 is 1.19 bits per heavy atom. The van der Waals surface area contributed by atoms with E-state index in [-0.39, 0.29) is 17.7 Å². The summed E-state index contributed by atoms with van der Waals surface area (Å²) in [5.41, 5.74) is 3.94. The Bertz CT molecular complexity index is 961. The molecule has 0 aliphatic heterocycles. The van der Waals surface area contributed by atoms with Crippen molar-refractivity contribution in [1.82, 2.24) is 15.1 Å². The Labute approximate surface area is 158 Å². The van der Waals surface area contributed by atoms with Gasteiger partial charge in [0.25, 0.3) is 5.91 Å². The van der Waals surface area contributed by atoms with Crippen LogP contribution in [0.5, 0.6) is 11.5 Å². The number of methoxy groups -OCH3 is 1. The Morgan fingerprint density at radius 3 is 2.52 bits per heavy atom. The van der Waals surface area contributed by atoms with Gasteiger partial charge in [-0.2, -0.15) is 5.10 Å². The maximum absolute atomic E-state index is 12.5. The molecule has 2 N–H and O–H groups in total. The molecule has 6 nitrogen and oxygen atoms in total. The molecule has 0 aliphatic carbocycles. The van der Waals surface area contributed by atoms with Crippen molar-refractivity contribution in [3.05, 3.63) is 71.0 Å². The van der Waals surface area contributed by atoms with Crippen LogP contribution in [0.15, 0.2) is 48.7 Å². The summed E-state index contributed by atoms with van der Waals surface area (Å²) in [5, 5.41) is 17.2. The van der Waals surface area contributed by atoms with Crippen LogP contribution in [0.4, 0.5) is 0 Å². The first kappa shape index (κ1) is 18.5. The molecule has 2 aromatic carbocycles. The van der Waals surface area contributed by atoms with E-state index in [0.717, 1.165) is 28.3 Å². The summed E-state index contributed by atoms with van der Waals surface area (Å²) in [4.78, 5) is 12.5. The van der Waals surface area contributed by atoms with Crippen molar-refractivity contribution < 1.29 is 14.6 Å². The van der Waals surface area contributed by atoms with Crippen molar-refractivity contribution in [1.29, 1.82) is 0 Å². The molecule has 0 radical (unpaired) electrons. The van der Waals surface area contributed by atoms with Gasteiger partial charge < -0.3 is 15.2 Å². The summed E-state index contributed by atoms with van der Waals surface area (Å²) in [6.07, 6.45) is 1.76. The number of rotatable bonds is 5. The quantitative estimate of drug-likeness (QED) is 0.723. The molecule has 1 amide bonds. The van der Waals surface area contributed by atoms with E-state index in [1.165, 1.54) is 6.07 Å². The van der Waals surface area contributed by atoms with Crippen molar-refractivity contribution in [3.8, 4) is 17.2 Å². The van der Waals surface area contributed by atoms with E-state index in [0.29, 0.717) is 5.56 Å². The number of aryl methyl sites for hydroxylation is 1. The molecule has 1 aromatic heterocycles. The summed E-state index contributed by atoms with van der Waals surface area (Å²) >= 11 is 0. The molecule has 27 heavy (non-hydrogen) atoms. The number of phenolic OH excluding ortho intramolecular Hbond substituents is 1. The third-order valence-corrected chi connectivity index (χ3v) is 4.65. The highest BCUT2D eigenvalue weighted by atomic mass is 16.5.